The van der Waals surface area contributed by atoms with E-state index in [1.807, 2.05) is 0 Å². The Morgan fingerprint density at radius 3 is 2.50 bits per heavy atom. The summed E-state index contributed by atoms with van der Waals surface area (Å²) in [7, 11) is 0.396. The second-order valence-corrected chi connectivity index (χ2v) is 6.11. The summed E-state index contributed by atoms with van der Waals surface area (Å²) in [4.78, 5) is 11.6. The molecule has 0 aliphatic heterocycles. The van der Waals surface area contributed by atoms with Crippen LogP contribution < -0.4 is 0 Å². The van der Waals surface area contributed by atoms with E-state index in [1.165, 1.54) is 24.3 Å². The Morgan fingerprint density at radius 1 is 1.33 bits per heavy atom. The fraction of sp³-hybridized carbons (Fsp3) is 0.900. The summed E-state index contributed by atoms with van der Waals surface area (Å²) in [5, 5.41) is 0.439. The minimum atomic E-state index is 0.396. The Balaban J connectivity index is 2.51. The Hall–Kier alpha value is 0.0200. The van der Waals surface area contributed by atoms with Crippen LogP contribution in [0.25, 0.3) is 0 Å². The minimum absolute atomic E-state index is 0.396. The van der Waals surface area contributed by atoms with Crippen LogP contribution in [0.2, 0.25) is 0 Å². The molecule has 1 nitrogen and oxygen atoms in total. The lowest BCUT2D eigenvalue weighted by atomic mass is 9.99. The van der Waals surface area contributed by atoms with Crippen molar-refractivity contribution < 1.29 is 4.79 Å². The first kappa shape index (κ1) is 10.1. The molecule has 1 aliphatic carbocycles. The molecular weight excluding hydrogens is 168 g/mol. The third-order valence-corrected chi connectivity index (χ3v) is 5.43. The van der Waals surface area contributed by atoms with Crippen molar-refractivity contribution in [2.45, 2.75) is 44.8 Å². The zero-order chi connectivity index (χ0) is 8.97. The molecule has 0 aromatic heterocycles. The van der Waals surface area contributed by atoms with Gasteiger partial charge in [-0.15, -0.1) is 0 Å². The zero-order valence-corrected chi connectivity index (χ0v) is 8.95. The van der Waals surface area contributed by atoms with Gasteiger partial charge in [-0.3, -0.25) is 4.79 Å². The van der Waals surface area contributed by atoms with Gasteiger partial charge in [-0.25, -0.2) is 0 Å². The van der Waals surface area contributed by atoms with Crippen molar-refractivity contribution in [1.82, 2.24) is 0 Å². The predicted octanol–water partition coefficient (Wildman–Crippen LogP) is 2.16. The Morgan fingerprint density at radius 2 is 2.00 bits per heavy atom. The first-order valence-electron chi connectivity index (χ1n) is 4.98. The average Bonchev–Trinajstić information content (AvgIpc) is 2.10. The van der Waals surface area contributed by atoms with Crippen molar-refractivity contribution in [3.63, 3.8) is 0 Å². The zero-order valence-electron chi connectivity index (χ0n) is 8.14. The highest BCUT2D eigenvalue weighted by molar-refractivity contribution is 7.98. The number of carbonyl (C=O) groups excluding carboxylic acids is 1. The van der Waals surface area contributed by atoms with E-state index in [0.29, 0.717) is 21.9 Å². The molecular formula is C10H19OS+. The van der Waals surface area contributed by atoms with Gasteiger partial charge < -0.3 is 0 Å². The van der Waals surface area contributed by atoms with Gasteiger partial charge in [0, 0.05) is 12.8 Å². The monoisotopic (exact) mass is 187 g/mol. The molecule has 1 aliphatic rings. The molecule has 1 fully saturated rings. The van der Waals surface area contributed by atoms with Gasteiger partial charge >= 0.3 is 0 Å². The van der Waals surface area contributed by atoms with Crippen molar-refractivity contribution in [1.29, 1.82) is 0 Å². The number of rotatable bonds is 3. The maximum atomic E-state index is 11.6. The normalized spacial score (nSPS) is 24.9. The highest BCUT2D eigenvalue weighted by Crippen LogP contribution is 2.22. The Bertz CT molecular complexity index is 152. The second kappa shape index (κ2) is 4.90. The topological polar surface area (TPSA) is 17.1 Å². The van der Waals surface area contributed by atoms with E-state index >= 15 is 0 Å². The molecule has 0 saturated heterocycles. The van der Waals surface area contributed by atoms with Crippen LogP contribution in [0.3, 0.4) is 0 Å². The van der Waals surface area contributed by atoms with Crippen LogP contribution in [0.15, 0.2) is 0 Å². The third kappa shape index (κ3) is 2.25. The van der Waals surface area contributed by atoms with Gasteiger partial charge in [0.2, 0.25) is 0 Å². The highest BCUT2D eigenvalue weighted by Gasteiger charge is 2.35. The molecule has 0 aromatic rings. The lowest BCUT2D eigenvalue weighted by molar-refractivity contribution is -0.119. The maximum absolute atomic E-state index is 11.6. The van der Waals surface area contributed by atoms with Gasteiger partial charge in [-0.05, 0) is 37.6 Å². The fourth-order valence-corrected chi connectivity index (χ4v) is 4.11. The van der Waals surface area contributed by atoms with E-state index in [9.17, 15) is 4.79 Å². The first-order valence-corrected chi connectivity index (χ1v) is 6.61. The number of ketones is 1. The molecule has 0 aromatic carbocycles. The molecule has 1 rings (SSSR count). The van der Waals surface area contributed by atoms with E-state index in [-0.39, 0.29) is 0 Å². The molecule has 0 spiro atoms. The molecule has 0 N–H and O–H groups in total. The van der Waals surface area contributed by atoms with Gasteiger partial charge in [0.05, 0.1) is 0 Å². The van der Waals surface area contributed by atoms with E-state index in [0.717, 1.165) is 12.8 Å². The summed E-state index contributed by atoms with van der Waals surface area (Å²) in [6.45, 7) is 4.43. The quantitative estimate of drug-likeness (QED) is 0.619. The second-order valence-electron chi connectivity index (χ2n) is 3.32. The molecule has 0 amide bonds. The molecule has 0 bridgehead atoms. The summed E-state index contributed by atoms with van der Waals surface area (Å²) in [5.74, 6) is 2.95. The standard InChI is InChI=1S/C10H19OS/c1-3-12(4-2)10-8-6-5-7-9(10)11/h10H,3-8H2,1-2H3/q+1. The fourth-order valence-electron chi connectivity index (χ4n) is 1.91. The number of hydrogen-bond donors (Lipinski definition) is 0. The average molecular weight is 187 g/mol. The van der Waals surface area contributed by atoms with E-state index < -0.39 is 0 Å². The molecule has 70 valence electrons. The smallest absolute Gasteiger partial charge is 0.184 e. The largest absolute Gasteiger partial charge is 0.294 e. The molecule has 12 heavy (non-hydrogen) atoms. The van der Waals surface area contributed by atoms with Crippen LogP contribution in [-0.2, 0) is 15.7 Å². The number of hydrogen-bond acceptors (Lipinski definition) is 1. The van der Waals surface area contributed by atoms with Crippen LogP contribution in [0, 0.1) is 0 Å². The van der Waals surface area contributed by atoms with Crippen molar-refractivity contribution >= 4 is 16.7 Å². The summed E-state index contributed by atoms with van der Waals surface area (Å²) < 4.78 is 0. The van der Waals surface area contributed by atoms with E-state index in [1.54, 1.807) is 0 Å². The van der Waals surface area contributed by atoms with Gasteiger partial charge in [0.15, 0.2) is 11.0 Å². The van der Waals surface area contributed by atoms with Gasteiger partial charge in [0.25, 0.3) is 0 Å². The van der Waals surface area contributed by atoms with Crippen molar-refractivity contribution in [2.75, 3.05) is 11.5 Å². The molecule has 1 atom stereocenters. The maximum Gasteiger partial charge on any atom is 0.184 e. The Labute approximate surface area is 78.3 Å². The van der Waals surface area contributed by atoms with Crippen LogP contribution >= 0.6 is 0 Å². The summed E-state index contributed by atoms with van der Waals surface area (Å²) in [5.41, 5.74) is 0. The lowest BCUT2D eigenvalue weighted by Crippen LogP contribution is -2.35. The van der Waals surface area contributed by atoms with Gasteiger partial charge in [0.1, 0.15) is 11.5 Å². The minimum Gasteiger partial charge on any atom is -0.294 e. The summed E-state index contributed by atoms with van der Waals surface area (Å²) >= 11 is 0. The number of carbonyl (C=O) groups is 1. The molecule has 2 heteroatoms. The third-order valence-electron chi connectivity index (χ3n) is 2.64. The van der Waals surface area contributed by atoms with Crippen LogP contribution in [0.5, 0.6) is 0 Å². The molecule has 0 radical (unpaired) electrons. The molecule has 0 heterocycles. The highest BCUT2D eigenvalue weighted by atomic mass is 32.2. The van der Waals surface area contributed by atoms with E-state index in [2.05, 4.69) is 13.8 Å². The molecule has 1 unspecified atom stereocenters. The lowest BCUT2D eigenvalue weighted by Gasteiger charge is -2.20. The van der Waals surface area contributed by atoms with Crippen molar-refractivity contribution in [3.05, 3.63) is 0 Å². The predicted molar refractivity (Wildman–Crippen MR) is 55.7 cm³/mol. The van der Waals surface area contributed by atoms with Crippen molar-refractivity contribution in [2.24, 2.45) is 0 Å². The van der Waals surface area contributed by atoms with Crippen LogP contribution in [0.4, 0.5) is 0 Å². The summed E-state index contributed by atoms with van der Waals surface area (Å²) in [6.07, 6.45) is 4.44. The van der Waals surface area contributed by atoms with Gasteiger partial charge in [-0.2, -0.15) is 0 Å². The van der Waals surface area contributed by atoms with Crippen molar-refractivity contribution in [3.8, 4) is 0 Å². The van der Waals surface area contributed by atoms with Crippen LogP contribution in [-0.4, -0.2) is 22.5 Å². The number of Topliss-reactive ketones (excluding diaryl/α,β-unsaturated/α-hetero) is 1. The molecule has 1 saturated carbocycles. The SMILES string of the molecule is CC[S+](CC)C1CCCCC1=O. The Kier molecular flexibility index (Phi) is 4.13. The first-order chi connectivity index (χ1) is 5.79. The summed E-state index contributed by atoms with van der Waals surface area (Å²) in [6, 6.07) is 0. The van der Waals surface area contributed by atoms with Crippen LogP contribution in [0.1, 0.15) is 39.5 Å². The van der Waals surface area contributed by atoms with E-state index in [4.69, 9.17) is 0 Å². The van der Waals surface area contributed by atoms with Gasteiger partial charge in [-0.1, -0.05) is 0 Å².